The number of halogens is 1. The van der Waals surface area contributed by atoms with Crippen LogP contribution in [0.15, 0.2) is 24.3 Å². The van der Waals surface area contributed by atoms with Gasteiger partial charge in [-0.3, -0.25) is 4.90 Å². The molecule has 4 heteroatoms. The largest absolute Gasteiger partial charge is 0.356 e. The number of aromatic nitrogens is 1. The van der Waals surface area contributed by atoms with E-state index in [9.17, 15) is 0 Å². The van der Waals surface area contributed by atoms with Crippen LogP contribution in [0, 0.1) is 0 Å². The van der Waals surface area contributed by atoms with Crippen LogP contribution in [0.25, 0.3) is 10.9 Å². The number of aromatic amines is 1. The summed E-state index contributed by atoms with van der Waals surface area (Å²) in [5.41, 5.74) is 2.27. The molecule has 1 saturated heterocycles. The van der Waals surface area contributed by atoms with Crippen molar-refractivity contribution in [2.75, 3.05) is 33.2 Å². The molecule has 0 bridgehead atoms. The Morgan fingerprint density at radius 2 is 1.89 bits per heavy atom. The topological polar surface area (TPSA) is 22.3 Å². The quantitative estimate of drug-likeness (QED) is 0.900. The summed E-state index contributed by atoms with van der Waals surface area (Å²) in [5.74, 6) is 0. The van der Waals surface area contributed by atoms with E-state index in [1.807, 2.05) is 12.1 Å². The van der Waals surface area contributed by atoms with Crippen LogP contribution in [0.1, 0.15) is 5.69 Å². The third kappa shape index (κ3) is 2.26. The number of para-hydroxylation sites is 1. The predicted octanol–water partition coefficient (Wildman–Crippen LogP) is 2.57. The van der Waals surface area contributed by atoms with E-state index in [4.69, 9.17) is 11.6 Å². The van der Waals surface area contributed by atoms with E-state index in [0.717, 1.165) is 54.3 Å². The summed E-state index contributed by atoms with van der Waals surface area (Å²) in [4.78, 5) is 8.25. The number of nitrogens with zero attached hydrogens (tertiary/aromatic N) is 2. The maximum atomic E-state index is 6.44. The first-order valence-corrected chi connectivity index (χ1v) is 6.78. The van der Waals surface area contributed by atoms with Gasteiger partial charge in [-0.1, -0.05) is 29.8 Å². The van der Waals surface area contributed by atoms with Crippen molar-refractivity contribution >= 4 is 22.5 Å². The molecule has 2 aromatic rings. The van der Waals surface area contributed by atoms with Crippen LogP contribution in [0.5, 0.6) is 0 Å². The lowest BCUT2D eigenvalue weighted by Gasteiger charge is -2.32. The van der Waals surface area contributed by atoms with Crippen LogP contribution in [0.4, 0.5) is 0 Å². The molecule has 0 unspecified atom stereocenters. The van der Waals surface area contributed by atoms with Gasteiger partial charge in [-0.25, -0.2) is 0 Å². The summed E-state index contributed by atoms with van der Waals surface area (Å²) in [6.07, 6.45) is 0. The van der Waals surface area contributed by atoms with Crippen LogP contribution < -0.4 is 0 Å². The number of hydrogen-bond donors (Lipinski definition) is 1. The molecule has 3 nitrogen and oxygen atoms in total. The molecule has 0 amide bonds. The zero-order chi connectivity index (χ0) is 12.5. The standard InChI is InChI=1S/C14H18ClN3/c1-17-6-8-18(9-7-17)10-13-14(15)11-4-2-3-5-12(11)16-13/h2-5,16H,6-10H2,1H3. The summed E-state index contributed by atoms with van der Waals surface area (Å²) < 4.78 is 0. The Labute approximate surface area is 112 Å². The van der Waals surface area contributed by atoms with Gasteiger partial charge in [0.25, 0.3) is 0 Å². The molecule has 96 valence electrons. The van der Waals surface area contributed by atoms with E-state index in [1.165, 1.54) is 0 Å². The van der Waals surface area contributed by atoms with Crippen LogP contribution in [-0.2, 0) is 6.54 Å². The van der Waals surface area contributed by atoms with Crippen molar-refractivity contribution in [1.82, 2.24) is 14.8 Å². The number of fused-ring (bicyclic) bond motifs is 1. The zero-order valence-electron chi connectivity index (χ0n) is 10.6. The highest BCUT2D eigenvalue weighted by molar-refractivity contribution is 6.36. The second-order valence-electron chi connectivity index (χ2n) is 5.04. The normalized spacial score (nSPS) is 18.6. The number of hydrogen-bond acceptors (Lipinski definition) is 2. The van der Waals surface area contributed by atoms with E-state index < -0.39 is 0 Å². The Hall–Kier alpha value is -1.03. The smallest absolute Gasteiger partial charge is 0.0705 e. The molecule has 1 N–H and O–H groups in total. The van der Waals surface area contributed by atoms with Crippen molar-refractivity contribution in [2.45, 2.75) is 6.54 Å². The first kappa shape index (κ1) is 12.0. The van der Waals surface area contributed by atoms with Crippen molar-refractivity contribution in [2.24, 2.45) is 0 Å². The Kier molecular flexibility index (Phi) is 3.29. The minimum Gasteiger partial charge on any atom is -0.356 e. The van der Waals surface area contributed by atoms with Gasteiger partial charge in [0, 0.05) is 49.3 Å². The minimum atomic E-state index is 0.879. The van der Waals surface area contributed by atoms with E-state index in [-0.39, 0.29) is 0 Å². The number of nitrogens with one attached hydrogen (secondary N) is 1. The fraction of sp³-hybridized carbons (Fsp3) is 0.429. The molecule has 3 rings (SSSR count). The minimum absolute atomic E-state index is 0.879. The van der Waals surface area contributed by atoms with Gasteiger partial charge in [0.1, 0.15) is 0 Å². The summed E-state index contributed by atoms with van der Waals surface area (Å²) in [6.45, 7) is 5.42. The maximum absolute atomic E-state index is 6.44. The molecule has 2 heterocycles. The van der Waals surface area contributed by atoms with Gasteiger partial charge in [0.15, 0.2) is 0 Å². The number of piperazine rings is 1. The van der Waals surface area contributed by atoms with Gasteiger partial charge < -0.3 is 9.88 Å². The molecule has 0 aliphatic carbocycles. The van der Waals surface area contributed by atoms with Crippen molar-refractivity contribution in [1.29, 1.82) is 0 Å². The molecular weight excluding hydrogens is 246 g/mol. The molecule has 1 aliphatic heterocycles. The molecule has 1 aliphatic rings. The summed E-state index contributed by atoms with van der Waals surface area (Å²) in [6, 6.07) is 8.22. The third-order valence-electron chi connectivity index (χ3n) is 3.69. The highest BCUT2D eigenvalue weighted by atomic mass is 35.5. The van der Waals surface area contributed by atoms with E-state index in [0.29, 0.717) is 0 Å². The molecular formula is C14H18ClN3. The lowest BCUT2D eigenvalue weighted by atomic mass is 10.2. The van der Waals surface area contributed by atoms with Crippen LogP contribution in [0.3, 0.4) is 0 Å². The van der Waals surface area contributed by atoms with Gasteiger partial charge in [0.2, 0.25) is 0 Å². The molecule has 18 heavy (non-hydrogen) atoms. The van der Waals surface area contributed by atoms with Crippen molar-refractivity contribution < 1.29 is 0 Å². The fourth-order valence-corrected chi connectivity index (χ4v) is 2.77. The Morgan fingerprint density at radius 3 is 2.61 bits per heavy atom. The van der Waals surface area contributed by atoms with Crippen molar-refractivity contribution in [3.8, 4) is 0 Å². The lowest BCUT2D eigenvalue weighted by Crippen LogP contribution is -2.43. The fourth-order valence-electron chi connectivity index (χ4n) is 2.50. The number of benzene rings is 1. The Bertz CT molecular complexity index is 541. The number of H-pyrrole nitrogens is 1. The van der Waals surface area contributed by atoms with Crippen LogP contribution in [0.2, 0.25) is 5.02 Å². The second-order valence-corrected chi connectivity index (χ2v) is 5.42. The SMILES string of the molecule is CN1CCN(Cc2[nH]c3ccccc3c2Cl)CC1. The van der Waals surface area contributed by atoms with Gasteiger partial charge >= 0.3 is 0 Å². The average Bonchev–Trinajstić information content (AvgIpc) is 2.70. The molecule has 0 radical (unpaired) electrons. The van der Waals surface area contributed by atoms with Crippen LogP contribution in [-0.4, -0.2) is 48.0 Å². The van der Waals surface area contributed by atoms with Crippen molar-refractivity contribution in [3.05, 3.63) is 35.0 Å². The third-order valence-corrected chi connectivity index (χ3v) is 4.12. The molecule has 1 aromatic heterocycles. The predicted molar refractivity (Wildman–Crippen MR) is 76.1 cm³/mol. The first-order chi connectivity index (χ1) is 8.74. The van der Waals surface area contributed by atoms with E-state index in [1.54, 1.807) is 0 Å². The Balaban J connectivity index is 1.80. The monoisotopic (exact) mass is 263 g/mol. The summed E-state index contributed by atoms with van der Waals surface area (Å²) >= 11 is 6.44. The molecule has 0 spiro atoms. The van der Waals surface area contributed by atoms with E-state index in [2.05, 4.69) is 34.0 Å². The lowest BCUT2D eigenvalue weighted by molar-refractivity contribution is 0.147. The zero-order valence-corrected chi connectivity index (χ0v) is 11.4. The van der Waals surface area contributed by atoms with Gasteiger partial charge in [-0.2, -0.15) is 0 Å². The van der Waals surface area contributed by atoms with Crippen LogP contribution >= 0.6 is 11.6 Å². The average molecular weight is 264 g/mol. The summed E-state index contributed by atoms with van der Waals surface area (Å²) in [7, 11) is 2.17. The van der Waals surface area contributed by atoms with Gasteiger partial charge in [-0.15, -0.1) is 0 Å². The number of likely N-dealkylation sites (N-methyl/N-ethyl adjacent to an activating group) is 1. The van der Waals surface area contributed by atoms with Crippen molar-refractivity contribution in [3.63, 3.8) is 0 Å². The molecule has 1 aromatic carbocycles. The highest BCUT2D eigenvalue weighted by Gasteiger charge is 2.17. The molecule has 0 saturated carbocycles. The second kappa shape index (κ2) is 4.92. The molecule has 0 atom stereocenters. The highest BCUT2D eigenvalue weighted by Crippen LogP contribution is 2.28. The Morgan fingerprint density at radius 1 is 1.17 bits per heavy atom. The maximum Gasteiger partial charge on any atom is 0.0705 e. The van der Waals surface area contributed by atoms with Gasteiger partial charge in [0.05, 0.1) is 5.02 Å². The van der Waals surface area contributed by atoms with E-state index >= 15 is 0 Å². The first-order valence-electron chi connectivity index (χ1n) is 6.40. The van der Waals surface area contributed by atoms with Gasteiger partial charge in [-0.05, 0) is 13.1 Å². The molecule has 1 fully saturated rings. The number of rotatable bonds is 2. The summed E-state index contributed by atoms with van der Waals surface area (Å²) in [5, 5.41) is 2.01.